The molecule has 2 N–H and O–H groups in total. The molecule has 1 aromatic carbocycles. The number of hydrogen-bond acceptors (Lipinski definition) is 2. The number of amides is 2. The van der Waals surface area contributed by atoms with E-state index in [4.69, 9.17) is 0 Å². The van der Waals surface area contributed by atoms with Gasteiger partial charge in [-0.15, -0.1) is 0 Å². The minimum Gasteiger partial charge on any atom is -0.351 e. The highest BCUT2D eigenvalue weighted by Gasteiger charge is 2.40. The van der Waals surface area contributed by atoms with Crippen LogP contribution in [0.15, 0.2) is 24.3 Å². The standard InChI is InChI=1S/C17H21F3N2O2/c1-10(12-7-8-12)21-15(24)16(3,22-11(2)23)13-5-4-6-14(9-13)17(18,19)20/h4-6,9-10,12H,7-8H2,1-3H3,(H,21,24)(H,22,23)/t10-,16-/m0/s1. The number of nitrogens with one attached hydrogen (secondary N) is 2. The Morgan fingerprint density at radius 3 is 2.29 bits per heavy atom. The molecular formula is C17H21F3N2O2. The van der Waals surface area contributed by atoms with E-state index in [1.165, 1.54) is 26.0 Å². The molecule has 2 amide bonds. The summed E-state index contributed by atoms with van der Waals surface area (Å²) in [5.74, 6) is -0.627. The second-order valence-corrected chi connectivity index (χ2v) is 6.48. The molecule has 132 valence electrons. The van der Waals surface area contributed by atoms with Crippen molar-refractivity contribution in [3.63, 3.8) is 0 Å². The fraction of sp³-hybridized carbons (Fsp3) is 0.529. The maximum absolute atomic E-state index is 13.0. The number of rotatable bonds is 5. The second kappa shape index (κ2) is 6.45. The fourth-order valence-corrected chi connectivity index (χ4v) is 2.68. The molecule has 1 saturated carbocycles. The molecule has 0 bridgehead atoms. The van der Waals surface area contributed by atoms with Crippen LogP contribution in [0.4, 0.5) is 13.2 Å². The molecule has 0 aromatic heterocycles. The predicted molar refractivity (Wildman–Crippen MR) is 82.9 cm³/mol. The SMILES string of the molecule is CC(=O)N[C@](C)(C(=O)N[C@@H](C)C1CC1)c1cccc(C(F)(F)F)c1. The number of hydrogen-bond donors (Lipinski definition) is 2. The van der Waals surface area contributed by atoms with Gasteiger partial charge in [0.25, 0.3) is 0 Å². The van der Waals surface area contributed by atoms with Crippen molar-refractivity contribution in [2.75, 3.05) is 0 Å². The Hall–Kier alpha value is -2.05. The lowest BCUT2D eigenvalue weighted by Crippen LogP contribution is -2.55. The van der Waals surface area contributed by atoms with Crippen molar-refractivity contribution in [1.82, 2.24) is 10.6 Å². The molecule has 0 radical (unpaired) electrons. The van der Waals surface area contributed by atoms with Gasteiger partial charge >= 0.3 is 6.18 Å². The molecule has 0 aliphatic heterocycles. The smallest absolute Gasteiger partial charge is 0.351 e. The molecule has 1 fully saturated rings. The lowest BCUT2D eigenvalue weighted by Gasteiger charge is -2.31. The van der Waals surface area contributed by atoms with Crippen molar-refractivity contribution in [3.05, 3.63) is 35.4 Å². The normalized spacial score (nSPS) is 18.4. The Kier molecular flexibility index (Phi) is 4.92. The largest absolute Gasteiger partial charge is 0.416 e. The van der Waals surface area contributed by atoms with Gasteiger partial charge in [0.15, 0.2) is 0 Å². The van der Waals surface area contributed by atoms with Crippen LogP contribution >= 0.6 is 0 Å². The van der Waals surface area contributed by atoms with E-state index >= 15 is 0 Å². The third-order valence-electron chi connectivity index (χ3n) is 4.34. The van der Waals surface area contributed by atoms with E-state index in [2.05, 4.69) is 10.6 Å². The van der Waals surface area contributed by atoms with Crippen molar-refractivity contribution in [2.24, 2.45) is 5.92 Å². The number of benzene rings is 1. The van der Waals surface area contributed by atoms with Crippen LogP contribution < -0.4 is 10.6 Å². The minimum atomic E-state index is -4.52. The summed E-state index contributed by atoms with van der Waals surface area (Å²) in [5, 5.41) is 5.31. The zero-order chi connectivity index (χ0) is 18.1. The molecule has 7 heteroatoms. The van der Waals surface area contributed by atoms with Crippen LogP contribution in [0.1, 0.15) is 44.7 Å². The van der Waals surface area contributed by atoms with Gasteiger partial charge in [-0.05, 0) is 50.3 Å². The van der Waals surface area contributed by atoms with Gasteiger partial charge in [0.05, 0.1) is 5.56 Å². The first-order chi connectivity index (χ1) is 11.0. The van der Waals surface area contributed by atoms with Gasteiger partial charge in [0, 0.05) is 13.0 Å². The van der Waals surface area contributed by atoms with Gasteiger partial charge < -0.3 is 10.6 Å². The quantitative estimate of drug-likeness (QED) is 0.864. The van der Waals surface area contributed by atoms with Crippen LogP contribution in [0.25, 0.3) is 0 Å². The topological polar surface area (TPSA) is 58.2 Å². The van der Waals surface area contributed by atoms with Crippen molar-refractivity contribution in [3.8, 4) is 0 Å². The zero-order valence-corrected chi connectivity index (χ0v) is 13.8. The van der Waals surface area contributed by atoms with Gasteiger partial charge in [0.1, 0.15) is 5.54 Å². The maximum Gasteiger partial charge on any atom is 0.416 e. The van der Waals surface area contributed by atoms with Crippen LogP contribution in [0.3, 0.4) is 0 Å². The Morgan fingerprint density at radius 1 is 1.21 bits per heavy atom. The highest BCUT2D eigenvalue weighted by atomic mass is 19.4. The monoisotopic (exact) mass is 342 g/mol. The van der Waals surface area contributed by atoms with E-state index in [1.54, 1.807) is 0 Å². The summed E-state index contributed by atoms with van der Waals surface area (Å²) in [6, 6.07) is 4.39. The predicted octanol–water partition coefficient (Wildman–Crippen LogP) is 2.97. The van der Waals surface area contributed by atoms with Crippen LogP contribution in [0.2, 0.25) is 0 Å². The van der Waals surface area contributed by atoms with Gasteiger partial charge in [-0.2, -0.15) is 13.2 Å². The van der Waals surface area contributed by atoms with Crippen molar-refractivity contribution in [2.45, 2.75) is 51.4 Å². The van der Waals surface area contributed by atoms with Crippen LogP contribution in [-0.2, 0) is 21.3 Å². The van der Waals surface area contributed by atoms with Gasteiger partial charge in [-0.1, -0.05) is 12.1 Å². The first kappa shape index (κ1) is 18.3. The molecule has 2 atom stereocenters. The lowest BCUT2D eigenvalue weighted by molar-refractivity contribution is -0.138. The summed E-state index contributed by atoms with van der Waals surface area (Å²) in [6.07, 6.45) is -2.49. The van der Waals surface area contributed by atoms with E-state index in [0.717, 1.165) is 25.0 Å². The summed E-state index contributed by atoms with van der Waals surface area (Å²) in [7, 11) is 0. The van der Waals surface area contributed by atoms with Gasteiger partial charge in [-0.3, -0.25) is 9.59 Å². The molecule has 1 aliphatic rings. The average molecular weight is 342 g/mol. The summed E-state index contributed by atoms with van der Waals surface area (Å²) in [4.78, 5) is 24.2. The van der Waals surface area contributed by atoms with Crippen molar-refractivity contribution < 1.29 is 22.8 Å². The Bertz CT molecular complexity index is 641. The van der Waals surface area contributed by atoms with Crippen LogP contribution in [-0.4, -0.2) is 17.9 Å². The Labute approximate surface area is 138 Å². The van der Waals surface area contributed by atoms with Crippen LogP contribution in [0, 0.1) is 5.92 Å². The Balaban J connectivity index is 2.35. The highest BCUT2D eigenvalue weighted by Crippen LogP contribution is 2.34. The average Bonchev–Trinajstić information content (AvgIpc) is 3.30. The first-order valence-corrected chi connectivity index (χ1v) is 7.81. The summed E-state index contributed by atoms with van der Waals surface area (Å²) >= 11 is 0. The molecule has 0 spiro atoms. The second-order valence-electron chi connectivity index (χ2n) is 6.48. The van der Waals surface area contributed by atoms with E-state index in [1.807, 2.05) is 6.92 Å². The Morgan fingerprint density at radius 2 is 1.79 bits per heavy atom. The minimum absolute atomic E-state index is 0.0867. The zero-order valence-electron chi connectivity index (χ0n) is 13.8. The molecule has 0 unspecified atom stereocenters. The lowest BCUT2D eigenvalue weighted by atomic mass is 9.89. The van der Waals surface area contributed by atoms with Gasteiger partial charge in [0.2, 0.25) is 11.8 Å². The number of halogens is 3. The van der Waals surface area contributed by atoms with Crippen molar-refractivity contribution >= 4 is 11.8 Å². The number of carbonyl (C=O) groups excluding carboxylic acids is 2. The van der Waals surface area contributed by atoms with Gasteiger partial charge in [-0.25, -0.2) is 0 Å². The molecule has 4 nitrogen and oxygen atoms in total. The summed E-state index contributed by atoms with van der Waals surface area (Å²) in [6.45, 7) is 4.50. The molecule has 0 heterocycles. The summed E-state index contributed by atoms with van der Waals surface area (Å²) in [5.41, 5.74) is -2.34. The fourth-order valence-electron chi connectivity index (χ4n) is 2.68. The molecule has 24 heavy (non-hydrogen) atoms. The van der Waals surface area contributed by atoms with E-state index in [-0.39, 0.29) is 11.6 Å². The summed E-state index contributed by atoms with van der Waals surface area (Å²) < 4.78 is 38.9. The molecule has 1 aromatic rings. The first-order valence-electron chi connectivity index (χ1n) is 7.81. The third kappa shape index (κ3) is 4.07. The highest BCUT2D eigenvalue weighted by molar-refractivity contribution is 5.91. The van der Waals surface area contributed by atoms with E-state index in [0.29, 0.717) is 5.92 Å². The third-order valence-corrected chi connectivity index (χ3v) is 4.34. The molecule has 1 aliphatic carbocycles. The van der Waals surface area contributed by atoms with E-state index in [9.17, 15) is 22.8 Å². The van der Waals surface area contributed by atoms with Crippen molar-refractivity contribution in [1.29, 1.82) is 0 Å². The molecular weight excluding hydrogens is 321 g/mol. The van der Waals surface area contributed by atoms with Crippen LogP contribution in [0.5, 0.6) is 0 Å². The maximum atomic E-state index is 13.0. The number of carbonyl (C=O) groups is 2. The molecule has 0 saturated heterocycles. The molecule has 2 rings (SSSR count). The number of alkyl halides is 3. The van der Waals surface area contributed by atoms with E-state index < -0.39 is 29.1 Å².